The van der Waals surface area contributed by atoms with Crippen LogP contribution in [0.15, 0.2) is 54.6 Å². The van der Waals surface area contributed by atoms with Gasteiger partial charge in [-0.25, -0.2) is 0 Å². The lowest BCUT2D eigenvalue weighted by Crippen LogP contribution is -1.98. The minimum atomic E-state index is 0.0555. The maximum absolute atomic E-state index is 11.7. The molecule has 0 fully saturated rings. The highest BCUT2D eigenvalue weighted by molar-refractivity contribution is 5.96. The van der Waals surface area contributed by atoms with Crippen LogP contribution in [0.5, 0.6) is 0 Å². The molecule has 2 rings (SSSR count). The molecule has 0 heterocycles. The molecule has 91 valence electrons. The number of Topliss-reactive ketones (excluding diaryl/α,β-unsaturated/α-hetero) is 1. The van der Waals surface area contributed by atoms with Gasteiger partial charge in [0, 0.05) is 12.0 Å². The third-order valence-corrected chi connectivity index (χ3v) is 2.81. The highest BCUT2D eigenvalue weighted by atomic mass is 16.3. The first kappa shape index (κ1) is 12.5. The molecule has 2 heteroatoms. The van der Waals surface area contributed by atoms with Gasteiger partial charge in [-0.1, -0.05) is 54.6 Å². The molecular formula is C16H15O2. The van der Waals surface area contributed by atoms with Crippen molar-refractivity contribution in [3.63, 3.8) is 0 Å². The Hall–Kier alpha value is -1.93. The number of ketones is 1. The average Bonchev–Trinajstić information content (AvgIpc) is 2.46. The molecule has 0 aromatic heterocycles. The van der Waals surface area contributed by atoms with Crippen LogP contribution >= 0.6 is 0 Å². The van der Waals surface area contributed by atoms with Crippen LogP contribution in [0.2, 0.25) is 0 Å². The molecule has 2 aromatic rings. The summed E-state index contributed by atoms with van der Waals surface area (Å²) >= 11 is 0. The summed E-state index contributed by atoms with van der Waals surface area (Å²) in [7, 11) is 0. The van der Waals surface area contributed by atoms with Crippen molar-refractivity contribution in [1.82, 2.24) is 0 Å². The Labute approximate surface area is 107 Å². The molecule has 0 aliphatic carbocycles. The molecule has 0 saturated carbocycles. The van der Waals surface area contributed by atoms with Crippen molar-refractivity contribution in [2.75, 3.05) is 0 Å². The zero-order valence-electron chi connectivity index (χ0n) is 10.0. The van der Waals surface area contributed by atoms with Gasteiger partial charge in [0.2, 0.25) is 0 Å². The topological polar surface area (TPSA) is 37.3 Å². The largest absolute Gasteiger partial charge is 0.390 e. The molecule has 0 bridgehead atoms. The quantitative estimate of drug-likeness (QED) is 0.805. The Balaban J connectivity index is 2.13. The van der Waals surface area contributed by atoms with E-state index in [1.54, 1.807) is 0 Å². The fraction of sp³-hybridized carbons (Fsp3) is 0.125. The second-order valence-electron chi connectivity index (χ2n) is 4.09. The van der Waals surface area contributed by atoms with E-state index in [0.29, 0.717) is 18.4 Å². The molecule has 1 N–H and O–H groups in total. The lowest BCUT2D eigenvalue weighted by Gasteiger charge is -2.03. The second-order valence-corrected chi connectivity index (χ2v) is 4.09. The Morgan fingerprint density at radius 1 is 0.944 bits per heavy atom. The lowest BCUT2D eigenvalue weighted by molar-refractivity contribution is 0.0978. The molecule has 0 unspecified atom stereocenters. The normalized spacial score (nSPS) is 10.3. The van der Waals surface area contributed by atoms with Crippen molar-refractivity contribution in [3.05, 3.63) is 66.8 Å². The van der Waals surface area contributed by atoms with Crippen molar-refractivity contribution in [1.29, 1.82) is 0 Å². The highest BCUT2D eigenvalue weighted by Gasteiger charge is 2.05. The molecule has 2 nitrogen and oxygen atoms in total. The monoisotopic (exact) mass is 239 g/mol. The molecule has 0 aliphatic heterocycles. The van der Waals surface area contributed by atoms with Crippen LogP contribution in [0.1, 0.15) is 23.2 Å². The van der Waals surface area contributed by atoms with E-state index in [4.69, 9.17) is 5.11 Å². The van der Waals surface area contributed by atoms with E-state index in [0.717, 1.165) is 17.7 Å². The van der Waals surface area contributed by atoms with Gasteiger partial charge in [0.25, 0.3) is 0 Å². The summed E-state index contributed by atoms with van der Waals surface area (Å²) in [5.74, 6) is 0.0555. The summed E-state index contributed by atoms with van der Waals surface area (Å²) in [6.45, 7) is 1.02. The van der Waals surface area contributed by atoms with E-state index >= 15 is 0 Å². The van der Waals surface area contributed by atoms with E-state index < -0.39 is 0 Å². The number of aliphatic hydroxyl groups is 1. The molecule has 0 saturated heterocycles. The van der Waals surface area contributed by atoms with Crippen molar-refractivity contribution in [2.45, 2.75) is 12.8 Å². The summed E-state index contributed by atoms with van der Waals surface area (Å²) < 4.78 is 0. The van der Waals surface area contributed by atoms with E-state index in [-0.39, 0.29) is 5.78 Å². The minimum Gasteiger partial charge on any atom is -0.390 e. The Morgan fingerprint density at radius 3 is 2.17 bits per heavy atom. The van der Waals surface area contributed by atoms with Gasteiger partial charge in [-0.2, -0.15) is 0 Å². The lowest BCUT2D eigenvalue weighted by atomic mass is 10.0. The number of carbonyl (C=O) groups is 1. The minimum absolute atomic E-state index is 0.0555. The number of benzene rings is 2. The van der Waals surface area contributed by atoms with E-state index in [1.807, 2.05) is 54.6 Å². The maximum Gasteiger partial charge on any atom is 0.162 e. The fourth-order valence-corrected chi connectivity index (χ4v) is 1.82. The molecular weight excluding hydrogens is 224 g/mol. The predicted octanol–water partition coefficient (Wildman–Crippen LogP) is 3.85. The molecule has 0 atom stereocenters. The molecule has 0 amide bonds. The first-order valence-corrected chi connectivity index (χ1v) is 5.96. The molecule has 0 spiro atoms. The third kappa shape index (κ3) is 3.05. The number of hydrogen-bond donors (Lipinski definition) is 1. The standard InChI is InChI=1S/C16H15O2/c17-12-4-7-16(18)15-10-8-14(9-11-15)13-5-2-1-3-6-13/h1-3,5-6,8-12,17H,4,7H2. The predicted molar refractivity (Wildman–Crippen MR) is 71.7 cm³/mol. The summed E-state index contributed by atoms with van der Waals surface area (Å²) in [6.07, 6.45) is 0.750. The smallest absolute Gasteiger partial charge is 0.162 e. The van der Waals surface area contributed by atoms with E-state index in [1.165, 1.54) is 0 Å². The first-order valence-electron chi connectivity index (χ1n) is 5.96. The summed E-state index contributed by atoms with van der Waals surface area (Å²) in [4.78, 5) is 11.7. The van der Waals surface area contributed by atoms with E-state index in [9.17, 15) is 4.79 Å². The maximum atomic E-state index is 11.7. The van der Waals surface area contributed by atoms with Crippen LogP contribution in [0, 0.1) is 6.61 Å². The Morgan fingerprint density at radius 2 is 1.56 bits per heavy atom. The van der Waals surface area contributed by atoms with Crippen LogP contribution in [0.4, 0.5) is 0 Å². The van der Waals surface area contributed by atoms with Gasteiger partial charge in [0.1, 0.15) is 0 Å². The van der Waals surface area contributed by atoms with Crippen LogP contribution in [0.25, 0.3) is 11.1 Å². The SMILES string of the molecule is O=C(CC[CH]O)c1ccc(-c2ccccc2)cc1. The molecule has 2 aromatic carbocycles. The zero-order chi connectivity index (χ0) is 12.8. The fourth-order valence-electron chi connectivity index (χ4n) is 1.82. The van der Waals surface area contributed by atoms with Crippen molar-refractivity contribution in [3.8, 4) is 11.1 Å². The van der Waals surface area contributed by atoms with E-state index in [2.05, 4.69) is 0 Å². The Bertz CT molecular complexity index is 500. The van der Waals surface area contributed by atoms with Gasteiger partial charge in [0.05, 0.1) is 6.61 Å². The summed E-state index contributed by atoms with van der Waals surface area (Å²) in [5.41, 5.74) is 2.93. The molecule has 18 heavy (non-hydrogen) atoms. The van der Waals surface area contributed by atoms with Crippen LogP contribution in [-0.4, -0.2) is 10.9 Å². The second kappa shape index (κ2) is 6.12. The number of rotatable bonds is 5. The number of carbonyl (C=O) groups excluding carboxylic acids is 1. The van der Waals surface area contributed by atoms with Crippen molar-refractivity contribution < 1.29 is 9.90 Å². The van der Waals surface area contributed by atoms with Crippen molar-refractivity contribution in [2.24, 2.45) is 0 Å². The van der Waals surface area contributed by atoms with Crippen LogP contribution in [0.3, 0.4) is 0 Å². The number of hydrogen-bond acceptors (Lipinski definition) is 2. The van der Waals surface area contributed by atoms with Gasteiger partial charge in [-0.3, -0.25) is 4.79 Å². The van der Waals surface area contributed by atoms with Crippen LogP contribution in [-0.2, 0) is 0 Å². The van der Waals surface area contributed by atoms with Crippen LogP contribution < -0.4 is 0 Å². The summed E-state index contributed by atoms with van der Waals surface area (Å²) in [5, 5.41) is 8.58. The van der Waals surface area contributed by atoms with Gasteiger partial charge in [0.15, 0.2) is 5.78 Å². The molecule has 1 radical (unpaired) electrons. The van der Waals surface area contributed by atoms with Gasteiger partial charge in [-0.15, -0.1) is 0 Å². The van der Waals surface area contributed by atoms with Gasteiger partial charge < -0.3 is 5.11 Å². The first-order chi connectivity index (χ1) is 8.81. The Kier molecular flexibility index (Phi) is 4.26. The number of aliphatic hydroxyl groups excluding tert-OH is 1. The van der Waals surface area contributed by atoms with Crippen molar-refractivity contribution >= 4 is 5.78 Å². The molecule has 0 aliphatic rings. The average molecular weight is 239 g/mol. The summed E-state index contributed by atoms with van der Waals surface area (Å²) in [6, 6.07) is 17.6. The van der Waals surface area contributed by atoms with Gasteiger partial charge >= 0.3 is 0 Å². The highest BCUT2D eigenvalue weighted by Crippen LogP contribution is 2.19. The third-order valence-electron chi connectivity index (χ3n) is 2.81. The van der Waals surface area contributed by atoms with Gasteiger partial charge in [-0.05, 0) is 17.5 Å². The zero-order valence-corrected chi connectivity index (χ0v) is 10.0.